The molecule has 0 saturated heterocycles. The van der Waals surface area contributed by atoms with Crippen LogP contribution >= 0.6 is 23.4 Å². The summed E-state index contributed by atoms with van der Waals surface area (Å²) in [6.45, 7) is 3.75. The number of thioether (sulfide) groups is 1. The third-order valence-electron chi connectivity index (χ3n) is 3.29. The Hall–Kier alpha value is -1.80. The highest BCUT2D eigenvalue weighted by Gasteiger charge is 2.32. The lowest BCUT2D eigenvalue weighted by atomic mass is 10.3. The van der Waals surface area contributed by atoms with Gasteiger partial charge in [0.1, 0.15) is 5.69 Å². The fourth-order valence-electron chi connectivity index (χ4n) is 2.16. The Balaban J connectivity index is 2.14. The third kappa shape index (κ3) is 3.21. The van der Waals surface area contributed by atoms with Gasteiger partial charge in [0, 0.05) is 17.8 Å². The largest absolute Gasteiger partial charge is 0.433 e. The first-order chi connectivity index (χ1) is 11.3. The van der Waals surface area contributed by atoms with Crippen molar-refractivity contribution in [3.8, 4) is 5.82 Å². The zero-order chi connectivity index (χ0) is 17.5. The second kappa shape index (κ2) is 6.25. The lowest BCUT2D eigenvalue weighted by molar-refractivity contribution is -0.141. The Bertz CT molecular complexity index is 908. The number of pyridine rings is 2. The molecule has 0 unspecified atom stereocenters. The zero-order valence-electron chi connectivity index (χ0n) is 12.7. The van der Waals surface area contributed by atoms with E-state index in [0.29, 0.717) is 21.9 Å². The van der Waals surface area contributed by atoms with E-state index >= 15 is 0 Å². The fourth-order valence-corrected chi connectivity index (χ4v) is 3.16. The minimum absolute atomic E-state index is 0.208. The molecule has 3 aromatic rings. The van der Waals surface area contributed by atoms with E-state index in [9.17, 15) is 13.2 Å². The smallest absolute Gasteiger partial charge is 0.251 e. The van der Waals surface area contributed by atoms with Gasteiger partial charge >= 0.3 is 6.18 Å². The predicted octanol–water partition coefficient (Wildman–Crippen LogP) is 4.91. The molecule has 0 aliphatic rings. The summed E-state index contributed by atoms with van der Waals surface area (Å²) in [7, 11) is 0. The van der Waals surface area contributed by atoms with E-state index in [1.165, 1.54) is 16.4 Å². The van der Waals surface area contributed by atoms with Gasteiger partial charge in [-0.1, -0.05) is 18.5 Å². The van der Waals surface area contributed by atoms with Crippen LogP contribution in [0.5, 0.6) is 0 Å². The summed E-state index contributed by atoms with van der Waals surface area (Å²) in [5, 5.41) is 5.27. The van der Waals surface area contributed by atoms with E-state index < -0.39 is 11.9 Å². The maximum atomic E-state index is 12.8. The van der Waals surface area contributed by atoms with Gasteiger partial charge in [-0.2, -0.15) is 18.3 Å². The summed E-state index contributed by atoms with van der Waals surface area (Å²) in [6, 6.07) is 2.72. The second-order valence-electron chi connectivity index (χ2n) is 5.01. The van der Waals surface area contributed by atoms with Crippen molar-refractivity contribution in [3.05, 3.63) is 40.9 Å². The summed E-state index contributed by atoms with van der Waals surface area (Å²) >= 11 is 7.65. The monoisotopic (exact) mass is 372 g/mol. The summed E-state index contributed by atoms with van der Waals surface area (Å²) < 4.78 is 39.8. The molecule has 0 spiro atoms. The van der Waals surface area contributed by atoms with Crippen LogP contribution in [0.25, 0.3) is 16.7 Å². The Morgan fingerprint density at radius 1 is 1.29 bits per heavy atom. The van der Waals surface area contributed by atoms with E-state index in [2.05, 4.69) is 15.1 Å². The van der Waals surface area contributed by atoms with Crippen LogP contribution in [0.15, 0.2) is 29.4 Å². The van der Waals surface area contributed by atoms with Crippen LogP contribution in [0.4, 0.5) is 13.2 Å². The molecule has 0 aromatic carbocycles. The van der Waals surface area contributed by atoms with Crippen molar-refractivity contribution in [2.75, 3.05) is 5.75 Å². The van der Waals surface area contributed by atoms with E-state index in [0.717, 1.165) is 22.9 Å². The van der Waals surface area contributed by atoms with Crippen molar-refractivity contribution in [2.24, 2.45) is 0 Å². The molecule has 0 aliphatic carbocycles. The SMILES string of the molecule is CCSc1cc(Cl)c(C)nc1-n1cc2cnc(C(F)(F)F)cc2n1. The predicted molar refractivity (Wildman–Crippen MR) is 87.8 cm³/mol. The molecule has 9 heteroatoms. The fraction of sp³-hybridized carbons (Fsp3) is 0.267. The molecule has 0 aliphatic heterocycles. The summed E-state index contributed by atoms with van der Waals surface area (Å²) in [5.41, 5.74) is -0.136. The lowest BCUT2D eigenvalue weighted by Crippen LogP contribution is -2.07. The van der Waals surface area contributed by atoms with Crippen molar-refractivity contribution < 1.29 is 13.2 Å². The van der Waals surface area contributed by atoms with Crippen LogP contribution in [-0.4, -0.2) is 25.5 Å². The van der Waals surface area contributed by atoms with Gasteiger partial charge < -0.3 is 0 Å². The van der Waals surface area contributed by atoms with Crippen molar-refractivity contribution in [3.63, 3.8) is 0 Å². The minimum Gasteiger partial charge on any atom is -0.251 e. The number of aryl methyl sites for hydroxylation is 1. The van der Waals surface area contributed by atoms with Gasteiger partial charge in [0.2, 0.25) is 0 Å². The van der Waals surface area contributed by atoms with Crippen LogP contribution in [-0.2, 0) is 6.18 Å². The van der Waals surface area contributed by atoms with Gasteiger partial charge in [-0.3, -0.25) is 4.98 Å². The molecule has 0 amide bonds. The molecule has 0 saturated carbocycles. The third-order valence-corrected chi connectivity index (χ3v) is 4.58. The number of hydrogen-bond acceptors (Lipinski definition) is 4. The van der Waals surface area contributed by atoms with Gasteiger partial charge in [-0.05, 0) is 24.8 Å². The first-order valence-electron chi connectivity index (χ1n) is 7.02. The van der Waals surface area contributed by atoms with Gasteiger partial charge in [-0.25, -0.2) is 9.67 Å². The first kappa shape index (κ1) is 17.0. The molecule has 0 fully saturated rings. The molecular formula is C15H12ClF3N4S. The van der Waals surface area contributed by atoms with Crippen molar-refractivity contribution >= 4 is 34.3 Å². The Labute approximate surface area is 145 Å². The van der Waals surface area contributed by atoms with E-state index in [4.69, 9.17) is 11.6 Å². The van der Waals surface area contributed by atoms with Gasteiger partial charge in [-0.15, -0.1) is 11.8 Å². The number of alkyl halides is 3. The number of hydrogen-bond donors (Lipinski definition) is 0. The molecule has 0 bridgehead atoms. The molecule has 24 heavy (non-hydrogen) atoms. The maximum Gasteiger partial charge on any atom is 0.433 e. The molecule has 3 aromatic heterocycles. The van der Waals surface area contributed by atoms with Gasteiger partial charge in [0.15, 0.2) is 5.82 Å². The van der Waals surface area contributed by atoms with E-state index in [1.54, 1.807) is 19.2 Å². The summed E-state index contributed by atoms with van der Waals surface area (Å²) in [6.07, 6.45) is -1.73. The van der Waals surface area contributed by atoms with Crippen LogP contribution in [0, 0.1) is 6.92 Å². The zero-order valence-corrected chi connectivity index (χ0v) is 14.3. The van der Waals surface area contributed by atoms with Crippen molar-refractivity contribution in [1.29, 1.82) is 0 Å². The standard InChI is InChI=1S/C15H12ClF3N4S/c1-3-24-12-4-10(16)8(2)21-14(12)23-7-9-6-20-13(15(17,18)19)5-11(9)22-23/h4-7H,3H2,1-2H3. The average Bonchev–Trinajstić information content (AvgIpc) is 2.92. The highest BCUT2D eigenvalue weighted by Crippen LogP contribution is 2.31. The van der Waals surface area contributed by atoms with Crippen LogP contribution < -0.4 is 0 Å². The van der Waals surface area contributed by atoms with Crippen molar-refractivity contribution in [1.82, 2.24) is 19.7 Å². The van der Waals surface area contributed by atoms with Crippen LogP contribution in [0.2, 0.25) is 5.02 Å². The molecule has 0 radical (unpaired) electrons. The van der Waals surface area contributed by atoms with E-state index in [-0.39, 0.29) is 5.52 Å². The van der Waals surface area contributed by atoms with Gasteiger partial charge in [0.25, 0.3) is 0 Å². The van der Waals surface area contributed by atoms with Crippen LogP contribution in [0.3, 0.4) is 0 Å². The number of aromatic nitrogens is 4. The van der Waals surface area contributed by atoms with E-state index in [1.807, 2.05) is 6.92 Å². The highest BCUT2D eigenvalue weighted by molar-refractivity contribution is 7.99. The molecular weight excluding hydrogens is 361 g/mol. The first-order valence-corrected chi connectivity index (χ1v) is 8.39. The molecule has 3 heterocycles. The quantitative estimate of drug-likeness (QED) is 0.613. The normalized spacial score (nSPS) is 12.1. The number of fused-ring (bicyclic) bond motifs is 1. The summed E-state index contributed by atoms with van der Waals surface area (Å²) in [4.78, 5) is 8.69. The minimum atomic E-state index is -4.50. The van der Waals surface area contributed by atoms with Crippen LogP contribution in [0.1, 0.15) is 18.3 Å². The Morgan fingerprint density at radius 3 is 2.71 bits per heavy atom. The Kier molecular flexibility index (Phi) is 4.44. The number of halogens is 4. The Morgan fingerprint density at radius 2 is 2.04 bits per heavy atom. The van der Waals surface area contributed by atoms with Gasteiger partial charge in [0.05, 0.1) is 21.1 Å². The highest BCUT2D eigenvalue weighted by atomic mass is 35.5. The second-order valence-corrected chi connectivity index (χ2v) is 6.72. The molecule has 4 nitrogen and oxygen atoms in total. The molecule has 0 atom stereocenters. The average molecular weight is 373 g/mol. The molecule has 126 valence electrons. The maximum absolute atomic E-state index is 12.8. The topological polar surface area (TPSA) is 43.6 Å². The number of nitrogens with zero attached hydrogens (tertiary/aromatic N) is 4. The molecule has 0 N–H and O–H groups in total. The lowest BCUT2D eigenvalue weighted by Gasteiger charge is -2.09. The molecule has 3 rings (SSSR count). The van der Waals surface area contributed by atoms with Crippen molar-refractivity contribution in [2.45, 2.75) is 24.9 Å². The number of rotatable bonds is 3. The summed E-state index contributed by atoms with van der Waals surface area (Å²) in [5.74, 6) is 1.34.